The molecule has 0 spiro atoms. The van der Waals surface area contributed by atoms with Crippen LogP contribution in [0.1, 0.15) is 35.4 Å². The number of rotatable bonds is 4. The van der Waals surface area contributed by atoms with Gasteiger partial charge in [0.2, 0.25) is 0 Å². The van der Waals surface area contributed by atoms with Crippen LogP contribution in [0.25, 0.3) is 5.65 Å². The number of hydrogen-bond acceptors (Lipinski definition) is 3. The maximum absolute atomic E-state index is 12.3. The molecule has 1 amide bonds. The molecule has 5 heteroatoms. The van der Waals surface area contributed by atoms with Gasteiger partial charge >= 0.3 is 0 Å². The van der Waals surface area contributed by atoms with Gasteiger partial charge in [0, 0.05) is 19.3 Å². The Labute approximate surface area is 125 Å². The lowest BCUT2D eigenvalue weighted by Crippen LogP contribution is -2.37. The number of imidazole rings is 1. The van der Waals surface area contributed by atoms with E-state index >= 15 is 0 Å². The predicted molar refractivity (Wildman–Crippen MR) is 82.6 cm³/mol. The van der Waals surface area contributed by atoms with Crippen molar-refractivity contribution in [3.8, 4) is 0 Å². The number of likely N-dealkylation sites (tertiary alicyclic amines) is 1. The average Bonchev–Trinajstić information content (AvgIpc) is 2.86. The monoisotopic (exact) mass is 286 g/mol. The molecule has 0 unspecified atom stereocenters. The van der Waals surface area contributed by atoms with Crippen LogP contribution in [0.4, 0.5) is 0 Å². The predicted octanol–water partition coefficient (Wildman–Crippen LogP) is 1.86. The lowest BCUT2D eigenvalue weighted by molar-refractivity contribution is 0.0941. The van der Waals surface area contributed by atoms with E-state index in [9.17, 15) is 4.79 Å². The third-order valence-electron chi connectivity index (χ3n) is 4.15. The zero-order valence-electron chi connectivity index (χ0n) is 12.5. The summed E-state index contributed by atoms with van der Waals surface area (Å²) in [5.74, 6) is -0.0757. The number of nitrogens with one attached hydrogen (secondary N) is 1. The van der Waals surface area contributed by atoms with Crippen LogP contribution in [0.2, 0.25) is 0 Å². The number of nitrogens with zero attached hydrogens (tertiary/aromatic N) is 3. The highest BCUT2D eigenvalue weighted by Gasteiger charge is 2.16. The van der Waals surface area contributed by atoms with Crippen molar-refractivity contribution in [1.29, 1.82) is 0 Å². The van der Waals surface area contributed by atoms with Gasteiger partial charge in [-0.3, -0.25) is 4.79 Å². The summed E-state index contributed by atoms with van der Waals surface area (Å²) >= 11 is 0. The molecule has 1 saturated heterocycles. The smallest absolute Gasteiger partial charge is 0.271 e. The number of fused-ring (bicyclic) bond motifs is 1. The first kappa shape index (κ1) is 14.1. The Kier molecular flexibility index (Phi) is 4.20. The molecule has 2 aromatic heterocycles. The molecule has 3 rings (SSSR count). The molecule has 1 fully saturated rings. The summed E-state index contributed by atoms with van der Waals surface area (Å²) in [4.78, 5) is 19.1. The Hall–Kier alpha value is -1.88. The van der Waals surface area contributed by atoms with Crippen molar-refractivity contribution < 1.29 is 4.79 Å². The van der Waals surface area contributed by atoms with E-state index in [1.165, 1.54) is 19.3 Å². The third kappa shape index (κ3) is 3.08. The van der Waals surface area contributed by atoms with Crippen molar-refractivity contribution in [2.45, 2.75) is 26.2 Å². The number of aromatic nitrogens is 2. The Balaban J connectivity index is 1.60. The highest BCUT2D eigenvalue weighted by atomic mass is 16.1. The summed E-state index contributed by atoms with van der Waals surface area (Å²) in [5, 5.41) is 2.99. The number of hydrogen-bond donors (Lipinski definition) is 1. The van der Waals surface area contributed by atoms with Gasteiger partial charge in [-0.25, -0.2) is 4.98 Å². The quantitative estimate of drug-likeness (QED) is 0.933. The van der Waals surface area contributed by atoms with Crippen LogP contribution >= 0.6 is 0 Å². The second-order valence-electron chi connectivity index (χ2n) is 5.63. The molecule has 0 radical (unpaired) electrons. The molecule has 3 heterocycles. The summed E-state index contributed by atoms with van der Waals surface area (Å²) in [5.41, 5.74) is 2.23. The van der Waals surface area contributed by atoms with Crippen molar-refractivity contribution >= 4 is 11.6 Å². The SMILES string of the molecule is Cc1c(C(=O)NCCN2CCCCC2)nc2ccccn12. The Morgan fingerprint density at radius 3 is 2.86 bits per heavy atom. The van der Waals surface area contributed by atoms with Gasteiger partial charge in [-0.1, -0.05) is 12.5 Å². The second kappa shape index (κ2) is 6.26. The fourth-order valence-electron chi connectivity index (χ4n) is 2.93. The topological polar surface area (TPSA) is 49.6 Å². The van der Waals surface area contributed by atoms with E-state index in [0.717, 1.165) is 31.0 Å². The van der Waals surface area contributed by atoms with Crippen LogP contribution in [0.15, 0.2) is 24.4 Å². The minimum absolute atomic E-state index is 0.0757. The van der Waals surface area contributed by atoms with Gasteiger partial charge in [-0.05, 0) is 45.0 Å². The van der Waals surface area contributed by atoms with Crippen molar-refractivity contribution in [3.63, 3.8) is 0 Å². The highest BCUT2D eigenvalue weighted by molar-refractivity contribution is 5.94. The molecule has 112 valence electrons. The fourth-order valence-corrected chi connectivity index (χ4v) is 2.93. The van der Waals surface area contributed by atoms with Gasteiger partial charge in [0.25, 0.3) is 5.91 Å². The van der Waals surface area contributed by atoms with Crippen molar-refractivity contribution in [3.05, 3.63) is 35.8 Å². The molecule has 1 aliphatic rings. The van der Waals surface area contributed by atoms with Gasteiger partial charge in [0.05, 0.1) is 5.69 Å². The Morgan fingerprint density at radius 1 is 1.29 bits per heavy atom. The normalized spacial score (nSPS) is 16.2. The maximum atomic E-state index is 12.3. The number of carbonyl (C=O) groups excluding carboxylic acids is 1. The molecule has 21 heavy (non-hydrogen) atoms. The number of pyridine rings is 1. The Morgan fingerprint density at radius 2 is 2.10 bits per heavy atom. The zero-order chi connectivity index (χ0) is 14.7. The summed E-state index contributed by atoms with van der Waals surface area (Å²) in [6.45, 7) is 5.86. The molecular weight excluding hydrogens is 264 g/mol. The van der Waals surface area contributed by atoms with E-state index in [1.807, 2.05) is 35.7 Å². The van der Waals surface area contributed by atoms with E-state index in [1.54, 1.807) is 0 Å². The summed E-state index contributed by atoms with van der Waals surface area (Å²) < 4.78 is 1.94. The molecule has 0 atom stereocenters. The lowest BCUT2D eigenvalue weighted by Gasteiger charge is -2.26. The first-order valence-corrected chi connectivity index (χ1v) is 7.70. The molecular formula is C16H22N4O. The standard InChI is InChI=1S/C16H22N4O/c1-13-15(18-14-7-3-6-11-20(13)14)16(21)17-8-12-19-9-4-2-5-10-19/h3,6-7,11H,2,4-5,8-10,12H2,1H3,(H,17,21). The summed E-state index contributed by atoms with van der Waals surface area (Å²) in [7, 11) is 0. The largest absolute Gasteiger partial charge is 0.349 e. The van der Waals surface area contributed by atoms with Crippen LogP contribution in [-0.2, 0) is 0 Å². The lowest BCUT2D eigenvalue weighted by atomic mass is 10.1. The maximum Gasteiger partial charge on any atom is 0.271 e. The number of aryl methyl sites for hydroxylation is 1. The highest BCUT2D eigenvalue weighted by Crippen LogP contribution is 2.11. The molecule has 0 saturated carbocycles. The third-order valence-corrected chi connectivity index (χ3v) is 4.15. The van der Waals surface area contributed by atoms with Crippen LogP contribution in [0.3, 0.4) is 0 Å². The second-order valence-corrected chi connectivity index (χ2v) is 5.63. The zero-order valence-corrected chi connectivity index (χ0v) is 12.5. The molecule has 0 aliphatic carbocycles. The van der Waals surface area contributed by atoms with Crippen LogP contribution in [0.5, 0.6) is 0 Å². The van der Waals surface area contributed by atoms with Crippen molar-refractivity contribution in [2.24, 2.45) is 0 Å². The van der Waals surface area contributed by atoms with Gasteiger partial charge in [0.1, 0.15) is 11.3 Å². The van der Waals surface area contributed by atoms with Gasteiger partial charge in [-0.15, -0.1) is 0 Å². The van der Waals surface area contributed by atoms with Crippen molar-refractivity contribution in [1.82, 2.24) is 19.6 Å². The average molecular weight is 286 g/mol. The van der Waals surface area contributed by atoms with Gasteiger partial charge < -0.3 is 14.6 Å². The van der Waals surface area contributed by atoms with E-state index in [4.69, 9.17) is 0 Å². The van der Waals surface area contributed by atoms with Crippen LogP contribution in [0, 0.1) is 6.92 Å². The molecule has 0 bridgehead atoms. The van der Waals surface area contributed by atoms with Crippen LogP contribution < -0.4 is 5.32 Å². The van der Waals surface area contributed by atoms with E-state index in [2.05, 4.69) is 15.2 Å². The molecule has 1 aliphatic heterocycles. The molecule has 0 aromatic carbocycles. The van der Waals surface area contributed by atoms with E-state index in [-0.39, 0.29) is 5.91 Å². The molecule has 1 N–H and O–H groups in total. The molecule has 2 aromatic rings. The summed E-state index contributed by atoms with van der Waals surface area (Å²) in [6.07, 6.45) is 5.82. The number of amides is 1. The first-order chi connectivity index (χ1) is 10.3. The van der Waals surface area contributed by atoms with Crippen LogP contribution in [-0.4, -0.2) is 46.4 Å². The van der Waals surface area contributed by atoms with Crippen molar-refractivity contribution in [2.75, 3.05) is 26.2 Å². The number of carbonyl (C=O) groups is 1. The summed E-state index contributed by atoms with van der Waals surface area (Å²) in [6, 6.07) is 5.79. The van der Waals surface area contributed by atoms with E-state index < -0.39 is 0 Å². The fraction of sp³-hybridized carbons (Fsp3) is 0.500. The minimum Gasteiger partial charge on any atom is -0.349 e. The Bertz CT molecular complexity index is 628. The van der Waals surface area contributed by atoms with Gasteiger partial charge in [0.15, 0.2) is 0 Å². The molecule has 5 nitrogen and oxygen atoms in total. The minimum atomic E-state index is -0.0757. The van der Waals surface area contributed by atoms with Gasteiger partial charge in [-0.2, -0.15) is 0 Å². The van der Waals surface area contributed by atoms with E-state index in [0.29, 0.717) is 12.2 Å². The number of piperidine rings is 1. The first-order valence-electron chi connectivity index (χ1n) is 7.70.